The third-order valence-electron chi connectivity index (χ3n) is 3.65. The Hall–Kier alpha value is -1.75. The fraction of sp³-hybridized carbons (Fsp3) is 0.500. The number of carbonyl (C=O) groups is 1. The summed E-state index contributed by atoms with van der Waals surface area (Å²) in [5, 5.41) is 12.0. The number of benzene rings is 1. The molecule has 1 aromatic carbocycles. The van der Waals surface area contributed by atoms with Crippen LogP contribution in [0.3, 0.4) is 0 Å². The van der Waals surface area contributed by atoms with Gasteiger partial charge in [0.25, 0.3) is 5.91 Å². The number of nitrogen functional groups attached to an aromatic ring is 1. The Kier molecular flexibility index (Phi) is 3.95. The Morgan fingerprint density at radius 2 is 2.21 bits per heavy atom. The van der Waals surface area contributed by atoms with E-state index in [0.717, 1.165) is 25.1 Å². The normalized spacial score (nSPS) is 21.6. The van der Waals surface area contributed by atoms with Crippen LogP contribution < -0.4 is 16.0 Å². The van der Waals surface area contributed by atoms with E-state index in [1.54, 1.807) is 19.2 Å². The van der Waals surface area contributed by atoms with Gasteiger partial charge < -0.3 is 21.1 Å². The van der Waals surface area contributed by atoms with Crippen molar-refractivity contribution in [2.24, 2.45) is 5.92 Å². The number of nitrogens with one attached hydrogen (secondary N) is 1. The highest BCUT2D eigenvalue weighted by atomic mass is 16.3. The van der Waals surface area contributed by atoms with Crippen molar-refractivity contribution in [3.05, 3.63) is 23.8 Å². The molecular formula is C14H21N3O2. The van der Waals surface area contributed by atoms with Crippen LogP contribution in [0.25, 0.3) is 0 Å². The standard InChI is InChI=1S/C14H21N3O2/c1-16-14(19)12-4-3-10(15)7-13(12)17(2)8-9-5-11(18)6-9/h3-4,7,9,11,18H,5-6,8,15H2,1-2H3,(H,16,19). The van der Waals surface area contributed by atoms with Crippen LogP contribution in [-0.2, 0) is 0 Å². The van der Waals surface area contributed by atoms with Gasteiger partial charge in [0.1, 0.15) is 0 Å². The highest BCUT2D eigenvalue weighted by molar-refractivity contribution is 6.00. The summed E-state index contributed by atoms with van der Waals surface area (Å²) >= 11 is 0. The number of amides is 1. The molecule has 19 heavy (non-hydrogen) atoms. The Labute approximate surface area is 113 Å². The molecule has 0 radical (unpaired) electrons. The maximum absolute atomic E-state index is 11.9. The van der Waals surface area contributed by atoms with Crippen molar-refractivity contribution >= 4 is 17.3 Å². The predicted molar refractivity (Wildman–Crippen MR) is 76.2 cm³/mol. The molecule has 0 aromatic heterocycles. The average molecular weight is 263 g/mol. The average Bonchev–Trinajstić information content (AvgIpc) is 2.35. The lowest BCUT2D eigenvalue weighted by molar-refractivity contribution is 0.0464. The second kappa shape index (κ2) is 5.48. The maximum atomic E-state index is 11.9. The summed E-state index contributed by atoms with van der Waals surface area (Å²) in [5.41, 5.74) is 7.91. The Balaban J connectivity index is 2.16. The van der Waals surface area contributed by atoms with Gasteiger partial charge in [-0.1, -0.05) is 0 Å². The van der Waals surface area contributed by atoms with E-state index in [0.29, 0.717) is 17.2 Å². The Morgan fingerprint density at radius 3 is 2.79 bits per heavy atom. The van der Waals surface area contributed by atoms with Crippen molar-refractivity contribution in [1.82, 2.24) is 5.32 Å². The SMILES string of the molecule is CNC(=O)c1ccc(N)cc1N(C)CC1CC(O)C1. The lowest BCUT2D eigenvalue weighted by Crippen LogP contribution is -2.37. The summed E-state index contributed by atoms with van der Waals surface area (Å²) in [6.07, 6.45) is 1.52. The first kappa shape index (κ1) is 13.7. The van der Waals surface area contributed by atoms with E-state index < -0.39 is 0 Å². The molecule has 1 saturated carbocycles. The summed E-state index contributed by atoms with van der Waals surface area (Å²) < 4.78 is 0. The Bertz CT molecular complexity index is 470. The van der Waals surface area contributed by atoms with Gasteiger partial charge in [-0.25, -0.2) is 0 Å². The molecule has 0 atom stereocenters. The van der Waals surface area contributed by atoms with Gasteiger partial charge in [-0.15, -0.1) is 0 Å². The number of hydrogen-bond donors (Lipinski definition) is 3. The summed E-state index contributed by atoms with van der Waals surface area (Å²) in [7, 11) is 3.57. The van der Waals surface area contributed by atoms with Crippen molar-refractivity contribution < 1.29 is 9.90 Å². The van der Waals surface area contributed by atoms with Crippen LogP contribution >= 0.6 is 0 Å². The van der Waals surface area contributed by atoms with Gasteiger partial charge in [-0.3, -0.25) is 4.79 Å². The van der Waals surface area contributed by atoms with Gasteiger partial charge in [0.05, 0.1) is 17.4 Å². The molecule has 5 nitrogen and oxygen atoms in total. The Morgan fingerprint density at radius 1 is 1.53 bits per heavy atom. The fourth-order valence-corrected chi connectivity index (χ4v) is 2.53. The monoisotopic (exact) mass is 263 g/mol. The van der Waals surface area contributed by atoms with E-state index in [1.807, 2.05) is 18.0 Å². The number of aliphatic hydroxyl groups excluding tert-OH is 1. The molecule has 1 aliphatic rings. The molecule has 0 spiro atoms. The van der Waals surface area contributed by atoms with E-state index in [4.69, 9.17) is 5.73 Å². The molecule has 0 aliphatic heterocycles. The molecule has 0 saturated heterocycles. The van der Waals surface area contributed by atoms with Crippen molar-refractivity contribution in [3.8, 4) is 0 Å². The predicted octanol–water partition coefficient (Wildman–Crippen LogP) is 0.835. The van der Waals surface area contributed by atoms with E-state index in [2.05, 4.69) is 5.32 Å². The van der Waals surface area contributed by atoms with E-state index in [1.165, 1.54) is 0 Å². The van der Waals surface area contributed by atoms with Crippen molar-refractivity contribution in [1.29, 1.82) is 0 Å². The van der Waals surface area contributed by atoms with Gasteiger partial charge in [-0.05, 0) is 37.0 Å². The third kappa shape index (κ3) is 2.98. The van der Waals surface area contributed by atoms with Crippen molar-refractivity contribution in [2.75, 3.05) is 31.3 Å². The highest BCUT2D eigenvalue weighted by Gasteiger charge is 2.28. The fourth-order valence-electron chi connectivity index (χ4n) is 2.53. The largest absolute Gasteiger partial charge is 0.399 e. The summed E-state index contributed by atoms with van der Waals surface area (Å²) in [5.74, 6) is 0.370. The smallest absolute Gasteiger partial charge is 0.253 e. The topological polar surface area (TPSA) is 78.6 Å². The molecule has 104 valence electrons. The summed E-state index contributed by atoms with van der Waals surface area (Å²) in [4.78, 5) is 13.9. The second-order valence-electron chi connectivity index (χ2n) is 5.23. The zero-order valence-electron chi connectivity index (χ0n) is 11.4. The lowest BCUT2D eigenvalue weighted by Gasteiger charge is -2.35. The number of nitrogens with two attached hydrogens (primary N) is 1. The van der Waals surface area contributed by atoms with Gasteiger partial charge in [-0.2, -0.15) is 0 Å². The van der Waals surface area contributed by atoms with Gasteiger partial charge in [0.15, 0.2) is 0 Å². The number of nitrogens with zero attached hydrogens (tertiary/aromatic N) is 1. The minimum atomic E-state index is -0.155. The molecule has 1 aromatic rings. The third-order valence-corrected chi connectivity index (χ3v) is 3.65. The summed E-state index contributed by atoms with van der Waals surface area (Å²) in [6, 6.07) is 5.30. The first-order valence-electron chi connectivity index (χ1n) is 6.52. The minimum absolute atomic E-state index is 0.115. The first-order chi connectivity index (χ1) is 9.01. The second-order valence-corrected chi connectivity index (χ2v) is 5.23. The molecule has 0 heterocycles. The number of hydrogen-bond acceptors (Lipinski definition) is 4. The number of carbonyl (C=O) groups excluding carboxylic acids is 1. The molecule has 5 heteroatoms. The van der Waals surface area contributed by atoms with Gasteiger partial charge in [0, 0.05) is 26.3 Å². The molecular weight excluding hydrogens is 242 g/mol. The molecule has 4 N–H and O–H groups in total. The van der Waals surface area contributed by atoms with E-state index in [9.17, 15) is 9.90 Å². The minimum Gasteiger partial charge on any atom is -0.399 e. The molecule has 2 rings (SSSR count). The molecule has 0 bridgehead atoms. The number of anilines is 2. The van der Waals surface area contributed by atoms with Crippen LogP contribution in [0.4, 0.5) is 11.4 Å². The summed E-state index contributed by atoms with van der Waals surface area (Å²) in [6.45, 7) is 0.824. The van der Waals surface area contributed by atoms with E-state index in [-0.39, 0.29) is 12.0 Å². The van der Waals surface area contributed by atoms with Crippen molar-refractivity contribution in [2.45, 2.75) is 18.9 Å². The van der Waals surface area contributed by atoms with Crippen LogP contribution in [0.15, 0.2) is 18.2 Å². The quantitative estimate of drug-likeness (QED) is 0.703. The van der Waals surface area contributed by atoms with Crippen LogP contribution in [0.2, 0.25) is 0 Å². The molecule has 0 unspecified atom stereocenters. The van der Waals surface area contributed by atoms with Crippen LogP contribution in [0, 0.1) is 5.92 Å². The highest BCUT2D eigenvalue weighted by Crippen LogP contribution is 2.30. The zero-order chi connectivity index (χ0) is 14.0. The van der Waals surface area contributed by atoms with Crippen LogP contribution in [-0.4, -0.2) is 37.8 Å². The number of rotatable bonds is 4. The lowest BCUT2D eigenvalue weighted by atomic mass is 9.82. The maximum Gasteiger partial charge on any atom is 0.253 e. The van der Waals surface area contributed by atoms with Gasteiger partial charge >= 0.3 is 0 Å². The van der Waals surface area contributed by atoms with Gasteiger partial charge in [0.2, 0.25) is 0 Å². The zero-order valence-corrected chi connectivity index (χ0v) is 11.4. The number of aliphatic hydroxyl groups is 1. The first-order valence-corrected chi connectivity index (χ1v) is 6.52. The van der Waals surface area contributed by atoms with Crippen LogP contribution in [0.1, 0.15) is 23.2 Å². The van der Waals surface area contributed by atoms with E-state index >= 15 is 0 Å². The van der Waals surface area contributed by atoms with Crippen LogP contribution in [0.5, 0.6) is 0 Å². The molecule has 1 aliphatic carbocycles. The molecule has 1 fully saturated rings. The molecule has 1 amide bonds. The van der Waals surface area contributed by atoms with Crippen molar-refractivity contribution in [3.63, 3.8) is 0 Å².